The highest BCUT2D eigenvalue weighted by Gasteiger charge is 2.67. The van der Waals surface area contributed by atoms with Crippen molar-refractivity contribution in [3.8, 4) is 0 Å². The number of carboxylic acids is 1. The van der Waals surface area contributed by atoms with Gasteiger partial charge in [-0.3, -0.25) is 9.59 Å². The lowest BCUT2D eigenvalue weighted by atomic mass is 9.49. The highest BCUT2D eigenvalue weighted by atomic mass is 16.5. The second kappa shape index (κ2) is 4.31. The number of ether oxygens (including phenoxy) is 1. The average Bonchev–Trinajstić information content (AvgIpc) is 3.16. The summed E-state index contributed by atoms with van der Waals surface area (Å²) in [7, 11) is 0. The molecule has 3 aliphatic heterocycles. The van der Waals surface area contributed by atoms with Crippen LogP contribution in [0, 0.1) is 29.1 Å². The molecule has 1 spiro atoms. The van der Waals surface area contributed by atoms with Gasteiger partial charge in [-0.25, -0.2) is 0 Å². The zero-order chi connectivity index (χ0) is 16.9. The van der Waals surface area contributed by atoms with Gasteiger partial charge in [0, 0.05) is 6.54 Å². The van der Waals surface area contributed by atoms with Crippen molar-refractivity contribution < 1.29 is 19.4 Å². The third-order valence-electron chi connectivity index (χ3n) is 7.42. The molecule has 3 aliphatic carbocycles. The van der Waals surface area contributed by atoms with E-state index in [1.165, 1.54) is 12.0 Å². The van der Waals surface area contributed by atoms with Crippen molar-refractivity contribution in [3.05, 3.63) is 23.8 Å². The Balaban J connectivity index is 1.40. The molecule has 5 nitrogen and oxygen atoms in total. The van der Waals surface area contributed by atoms with Crippen molar-refractivity contribution in [2.75, 3.05) is 13.1 Å². The lowest BCUT2D eigenvalue weighted by Crippen LogP contribution is -2.50. The number of nitrogens with zero attached hydrogens (tertiary/aromatic N) is 1. The minimum Gasteiger partial charge on any atom is -0.481 e. The van der Waals surface area contributed by atoms with Crippen LogP contribution in [0.25, 0.3) is 0 Å². The van der Waals surface area contributed by atoms with E-state index >= 15 is 0 Å². The number of hydrogen-bond donors (Lipinski definition) is 1. The Morgan fingerprint density at radius 1 is 1.46 bits per heavy atom. The second-order valence-electron chi connectivity index (χ2n) is 8.75. The van der Waals surface area contributed by atoms with Crippen LogP contribution in [0.15, 0.2) is 23.8 Å². The van der Waals surface area contributed by atoms with Gasteiger partial charge in [-0.15, -0.1) is 0 Å². The first-order valence-electron chi connectivity index (χ1n) is 8.91. The van der Waals surface area contributed by atoms with Crippen molar-refractivity contribution in [3.63, 3.8) is 0 Å². The van der Waals surface area contributed by atoms with Crippen LogP contribution in [-0.4, -0.2) is 46.7 Å². The maximum absolute atomic E-state index is 13.0. The molecule has 128 valence electrons. The van der Waals surface area contributed by atoms with Gasteiger partial charge in [-0.2, -0.15) is 0 Å². The molecule has 0 aromatic carbocycles. The molecular formula is C19H23NO4. The Hall–Kier alpha value is -1.62. The number of carbonyl (C=O) groups is 2. The molecule has 4 bridgehead atoms. The van der Waals surface area contributed by atoms with Gasteiger partial charge in [-0.1, -0.05) is 37.6 Å². The zero-order valence-corrected chi connectivity index (χ0v) is 14.1. The summed E-state index contributed by atoms with van der Waals surface area (Å²) in [6.45, 7) is 5.77. The van der Waals surface area contributed by atoms with Crippen LogP contribution in [0.4, 0.5) is 0 Å². The molecule has 1 amide bonds. The summed E-state index contributed by atoms with van der Waals surface area (Å²) in [5.74, 6) is -0.934. The molecule has 3 heterocycles. The number of amides is 1. The Morgan fingerprint density at radius 2 is 2.25 bits per heavy atom. The molecule has 1 N–H and O–H groups in total. The normalized spacial score (nSPS) is 46.8. The van der Waals surface area contributed by atoms with Crippen molar-refractivity contribution in [2.45, 2.75) is 38.4 Å². The van der Waals surface area contributed by atoms with Gasteiger partial charge < -0.3 is 14.7 Å². The third kappa shape index (κ3) is 1.59. The first kappa shape index (κ1) is 14.7. The Labute approximate surface area is 141 Å². The number of rotatable bonds is 3. The minimum atomic E-state index is -0.925. The van der Waals surface area contributed by atoms with Crippen molar-refractivity contribution in [1.82, 2.24) is 4.90 Å². The van der Waals surface area contributed by atoms with Crippen molar-refractivity contribution >= 4 is 11.9 Å². The van der Waals surface area contributed by atoms with Gasteiger partial charge in [0.1, 0.15) is 11.5 Å². The third-order valence-corrected chi connectivity index (χ3v) is 7.42. The molecule has 5 heteroatoms. The summed E-state index contributed by atoms with van der Waals surface area (Å²) < 4.78 is 5.95. The van der Waals surface area contributed by atoms with Crippen LogP contribution in [0.3, 0.4) is 0 Å². The average molecular weight is 329 g/mol. The molecule has 6 atom stereocenters. The molecule has 24 heavy (non-hydrogen) atoms. The molecule has 1 saturated carbocycles. The Bertz CT molecular complexity index is 708. The first-order valence-corrected chi connectivity index (χ1v) is 8.91. The zero-order valence-electron chi connectivity index (χ0n) is 14.1. The SMILES string of the molecule is CC1(C)[C@H]2CC=C(CN3C[C@@]45C=C[C@@H](O4)[C@@H](C(=O)O)[C@@H]5C3=O)[C@H]1C2. The molecular weight excluding hydrogens is 306 g/mol. The molecule has 0 unspecified atom stereocenters. The Morgan fingerprint density at radius 3 is 2.92 bits per heavy atom. The van der Waals surface area contributed by atoms with Crippen LogP contribution in [-0.2, 0) is 14.3 Å². The van der Waals surface area contributed by atoms with Gasteiger partial charge in [0.25, 0.3) is 0 Å². The van der Waals surface area contributed by atoms with Crippen molar-refractivity contribution in [2.24, 2.45) is 29.1 Å². The fourth-order valence-electron chi connectivity index (χ4n) is 5.87. The maximum atomic E-state index is 13.0. The topological polar surface area (TPSA) is 66.8 Å². The molecule has 6 rings (SSSR count). The highest BCUT2D eigenvalue weighted by molar-refractivity contribution is 5.90. The van der Waals surface area contributed by atoms with Crippen LogP contribution in [0.5, 0.6) is 0 Å². The van der Waals surface area contributed by atoms with E-state index in [2.05, 4.69) is 19.9 Å². The van der Waals surface area contributed by atoms with E-state index in [-0.39, 0.29) is 5.91 Å². The van der Waals surface area contributed by atoms with E-state index in [1.807, 2.05) is 17.1 Å². The summed E-state index contributed by atoms with van der Waals surface area (Å²) in [6.07, 6.45) is 7.95. The summed E-state index contributed by atoms with van der Waals surface area (Å²) in [6, 6.07) is 0. The van der Waals surface area contributed by atoms with E-state index in [4.69, 9.17) is 4.74 Å². The molecule has 3 fully saturated rings. The van der Waals surface area contributed by atoms with Crippen LogP contribution >= 0.6 is 0 Å². The monoisotopic (exact) mass is 329 g/mol. The van der Waals surface area contributed by atoms with E-state index in [0.29, 0.717) is 24.4 Å². The summed E-state index contributed by atoms with van der Waals surface area (Å²) in [4.78, 5) is 26.4. The Kier molecular flexibility index (Phi) is 2.64. The summed E-state index contributed by atoms with van der Waals surface area (Å²) in [5, 5.41) is 9.53. The van der Waals surface area contributed by atoms with Crippen LogP contribution < -0.4 is 0 Å². The second-order valence-corrected chi connectivity index (χ2v) is 8.75. The fourth-order valence-corrected chi connectivity index (χ4v) is 5.87. The number of allylic oxidation sites excluding steroid dienone is 1. The van der Waals surface area contributed by atoms with Crippen LogP contribution in [0.2, 0.25) is 0 Å². The van der Waals surface area contributed by atoms with E-state index < -0.39 is 29.5 Å². The molecule has 0 aromatic heterocycles. The molecule has 2 saturated heterocycles. The largest absolute Gasteiger partial charge is 0.481 e. The summed E-state index contributed by atoms with van der Waals surface area (Å²) in [5.41, 5.74) is 0.981. The predicted molar refractivity (Wildman–Crippen MR) is 86.0 cm³/mol. The van der Waals surface area contributed by atoms with Crippen molar-refractivity contribution in [1.29, 1.82) is 0 Å². The van der Waals surface area contributed by atoms with Gasteiger partial charge in [-0.05, 0) is 30.1 Å². The molecule has 0 radical (unpaired) electrons. The van der Waals surface area contributed by atoms with Gasteiger partial charge >= 0.3 is 5.97 Å². The smallest absolute Gasteiger partial charge is 0.310 e. The number of carboxylic acid groups (broad SMARTS) is 1. The number of likely N-dealkylation sites (tertiary alicyclic amines) is 1. The lowest BCUT2D eigenvalue weighted by Gasteiger charge is -2.56. The number of carbonyl (C=O) groups excluding carboxylic acids is 1. The van der Waals surface area contributed by atoms with E-state index in [9.17, 15) is 14.7 Å². The number of hydrogen-bond acceptors (Lipinski definition) is 3. The maximum Gasteiger partial charge on any atom is 0.310 e. The standard InChI is InChI=1S/C19H23NO4/c1-18(2)11-4-3-10(12(18)7-11)8-20-9-19-6-5-13(24-19)14(17(22)23)15(19)16(20)21/h3,5-6,11-15H,4,7-9H2,1-2H3,(H,22,23)/t11-,12+,13+,14+,15+,19+/m0/s1. The van der Waals surface area contributed by atoms with E-state index in [1.54, 1.807) is 0 Å². The molecule has 0 aromatic rings. The predicted octanol–water partition coefficient (Wildman–Crippen LogP) is 1.85. The fraction of sp³-hybridized carbons (Fsp3) is 0.684. The lowest BCUT2D eigenvalue weighted by molar-refractivity contribution is -0.148. The summed E-state index contributed by atoms with van der Waals surface area (Å²) >= 11 is 0. The highest BCUT2D eigenvalue weighted by Crippen LogP contribution is 2.60. The molecule has 6 aliphatic rings. The number of fused-ring (bicyclic) bond motifs is 2. The van der Waals surface area contributed by atoms with Gasteiger partial charge in [0.15, 0.2) is 0 Å². The first-order chi connectivity index (χ1) is 11.3. The number of aliphatic carboxylic acids is 1. The van der Waals surface area contributed by atoms with Gasteiger partial charge in [0.05, 0.1) is 18.6 Å². The van der Waals surface area contributed by atoms with Crippen LogP contribution in [0.1, 0.15) is 26.7 Å². The minimum absolute atomic E-state index is 0.0468. The van der Waals surface area contributed by atoms with Gasteiger partial charge in [0.2, 0.25) is 5.91 Å². The quantitative estimate of drug-likeness (QED) is 0.803. The van der Waals surface area contributed by atoms with E-state index in [0.717, 1.165) is 12.3 Å².